The van der Waals surface area contributed by atoms with Crippen LogP contribution in [0.2, 0.25) is 0 Å². The molecule has 0 spiro atoms. The first-order valence-electron chi connectivity index (χ1n) is 10.2. The van der Waals surface area contributed by atoms with E-state index in [1.807, 2.05) is 30.3 Å². The standard InChI is InChI=1S/C23H30N4O2/c1-19-6-5-7-20(16-19)17-25-12-14-26(15-13-25)18-23(29)27(11-10-22(24)28)21-8-3-2-4-9-21/h2-9,16H,10-15,17-18H2,1H3,(H2,24,28). The van der Waals surface area contributed by atoms with E-state index in [1.54, 1.807) is 4.90 Å². The summed E-state index contributed by atoms with van der Waals surface area (Å²) < 4.78 is 0. The average Bonchev–Trinajstić information content (AvgIpc) is 2.70. The Morgan fingerprint density at radius 1 is 0.966 bits per heavy atom. The van der Waals surface area contributed by atoms with Crippen LogP contribution in [0.3, 0.4) is 0 Å². The Morgan fingerprint density at radius 3 is 2.31 bits per heavy atom. The fraction of sp³-hybridized carbons (Fsp3) is 0.391. The lowest BCUT2D eigenvalue weighted by atomic mass is 10.1. The molecule has 29 heavy (non-hydrogen) atoms. The predicted molar refractivity (Wildman–Crippen MR) is 116 cm³/mol. The minimum absolute atomic E-state index is 0.00424. The Morgan fingerprint density at radius 2 is 1.66 bits per heavy atom. The number of para-hydroxylation sites is 1. The number of aryl methyl sites for hydroxylation is 1. The van der Waals surface area contributed by atoms with Crippen molar-refractivity contribution in [3.8, 4) is 0 Å². The van der Waals surface area contributed by atoms with Gasteiger partial charge in [-0.05, 0) is 24.6 Å². The van der Waals surface area contributed by atoms with Gasteiger partial charge in [0.2, 0.25) is 11.8 Å². The number of hydrogen-bond donors (Lipinski definition) is 1. The second kappa shape index (κ2) is 10.2. The summed E-state index contributed by atoms with van der Waals surface area (Å²) in [4.78, 5) is 30.5. The number of nitrogens with zero attached hydrogens (tertiary/aromatic N) is 3. The van der Waals surface area contributed by atoms with E-state index in [2.05, 4.69) is 41.0 Å². The number of rotatable bonds is 8. The number of primary amides is 1. The molecule has 1 saturated heterocycles. The van der Waals surface area contributed by atoms with Crippen molar-refractivity contribution in [1.82, 2.24) is 9.80 Å². The lowest BCUT2D eigenvalue weighted by Gasteiger charge is -2.35. The maximum absolute atomic E-state index is 13.0. The second-order valence-electron chi connectivity index (χ2n) is 7.64. The van der Waals surface area contributed by atoms with Crippen molar-refractivity contribution >= 4 is 17.5 Å². The molecule has 1 aliphatic heterocycles. The van der Waals surface area contributed by atoms with Crippen LogP contribution in [0.15, 0.2) is 54.6 Å². The molecule has 2 amide bonds. The van der Waals surface area contributed by atoms with Gasteiger partial charge in [0.25, 0.3) is 0 Å². The van der Waals surface area contributed by atoms with Gasteiger partial charge in [0, 0.05) is 51.4 Å². The highest BCUT2D eigenvalue weighted by Gasteiger charge is 2.23. The largest absolute Gasteiger partial charge is 0.370 e. The molecule has 6 heteroatoms. The molecule has 1 aliphatic rings. The van der Waals surface area contributed by atoms with Gasteiger partial charge in [-0.2, -0.15) is 0 Å². The van der Waals surface area contributed by atoms with Crippen molar-refractivity contribution in [2.45, 2.75) is 19.9 Å². The molecule has 0 atom stereocenters. The number of carbonyl (C=O) groups is 2. The summed E-state index contributed by atoms with van der Waals surface area (Å²) in [6, 6.07) is 18.1. The monoisotopic (exact) mass is 394 g/mol. The summed E-state index contributed by atoms with van der Waals surface area (Å²) >= 11 is 0. The highest BCUT2D eigenvalue weighted by Crippen LogP contribution is 2.15. The van der Waals surface area contributed by atoms with Crippen LogP contribution in [0, 0.1) is 6.92 Å². The fourth-order valence-electron chi connectivity index (χ4n) is 3.68. The number of hydrogen-bond acceptors (Lipinski definition) is 4. The van der Waals surface area contributed by atoms with Gasteiger partial charge in [0.05, 0.1) is 6.54 Å². The van der Waals surface area contributed by atoms with Gasteiger partial charge in [0.1, 0.15) is 0 Å². The number of amides is 2. The van der Waals surface area contributed by atoms with E-state index in [1.165, 1.54) is 11.1 Å². The van der Waals surface area contributed by atoms with Gasteiger partial charge in [0.15, 0.2) is 0 Å². The molecule has 1 heterocycles. The van der Waals surface area contributed by atoms with E-state index in [0.29, 0.717) is 13.1 Å². The Labute approximate surface area is 172 Å². The number of piperazine rings is 1. The van der Waals surface area contributed by atoms with Crippen LogP contribution in [-0.4, -0.2) is 60.9 Å². The van der Waals surface area contributed by atoms with E-state index in [-0.39, 0.29) is 12.3 Å². The summed E-state index contributed by atoms with van der Waals surface area (Å²) in [5.41, 5.74) is 8.71. The molecule has 1 fully saturated rings. The lowest BCUT2D eigenvalue weighted by Crippen LogP contribution is -2.50. The van der Waals surface area contributed by atoms with Gasteiger partial charge in [-0.25, -0.2) is 0 Å². The van der Waals surface area contributed by atoms with Crippen molar-refractivity contribution in [3.63, 3.8) is 0 Å². The fourth-order valence-corrected chi connectivity index (χ4v) is 3.68. The predicted octanol–water partition coefficient (Wildman–Crippen LogP) is 2.02. The smallest absolute Gasteiger partial charge is 0.241 e. The van der Waals surface area contributed by atoms with Crippen LogP contribution in [0.1, 0.15) is 17.5 Å². The van der Waals surface area contributed by atoms with Crippen molar-refractivity contribution in [1.29, 1.82) is 0 Å². The van der Waals surface area contributed by atoms with Crippen LogP contribution >= 0.6 is 0 Å². The first-order valence-corrected chi connectivity index (χ1v) is 10.2. The van der Waals surface area contributed by atoms with Crippen LogP contribution in [-0.2, 0) is 16.1 Å². The SMILES string of the molecule is Cc1cccc(CN2CCN(CC(=O)N(CCC(N)=O)c3ccccc3)CC2)c1. The summed E-state index contributed by atoms with van der Waals surface area (Å²) in [6.45, 7) is 7.31. The first-order chi connectivity index (χ1) is 14.0. The molecule has 154 valence electrons. The topological polar surface area (TPSA) is 69.9 Å². The summed E-state index contributed by atoms with van der Waals surface area (Å²) in [5, 5.41) is 0. The molecular weight excluding hydrogens is 364 g/mol. The van der Waals surface area contributed by atoms with Crippen LogP contribution < -0.4 is 10.6 Å². The van der Waals surface area contributed by atoms with Gasteiger partial charge in [-0.15, -0.1) is 0 Å². The molecule has 0 bridgehead atoms. The van der Waals surface area contributed by atoms with Crippen molar-refractivity contribution in [2.24, 2.45) is 5.73 Å². The highest BCUT2D eigenvalue weighted by atomic mass is 16.2. The summed E-state index contributed by atoms with van der Waals surface area (Å²) in [7, 11) is 0. The van der Waals surface area contributed by atoms with E-state index < -0.39 is 5.91 Å². The molecule has 0 unspecified atom stereocenters. The highest BCUT2D eigenvalue weighted by molar-refractivity contribution is 5.95. The number of nitrogens with two attached hydrogens (primary N) is 1. The van der Waals surface area contributed by atoms with Crippen molar-refractivity contribution < 1.29 is 9.59 Å². The van der Waals surface area contributed by atoms with E-state index in [9.17, 15) is 9.59 Å². The quantitative estimate of drug-likeness (QED) is 0.744. The van der Waals surface area contributed by atoms with Crippen LogP contribution in [0.5, 0.6) is 0 Å². The number of carbonyl (C=O) groups excluding carboxylic acids is 2. The van der Waals surface area contributed by atoms with Crippen LogP contribution in [0.4, 0.5) is 5.69 Å². The zero-order valence-electron chi connectivity index (χ0n) is 17.1. The summed E-state index contributed by atoms with van der Waals surface area (Å²) in [6.07, 6.45) is 0.158. The normalized spacial score (nSPS) is 15.2. The second-order valence-corrected chi connectivity index (χ2v) is 7.64. The van der Waals surface area contributed by atoms with Gasteiger partial charge >= 0.3 is 0 Å². The van der Waals surface area contributed by atoms with Gasteiger partial charge in [-0.1, -0.05) is 48.0 Å². The van der Waals surface area contributed by atoms with Gasteiger partial charge < -0.3 is 10.6 Å². The first kappa shape index (κ1) is 21.0. The Balaban J connectivity index is 1.53. The van der Waals surface area contributed by atoms with Crippen molar-refractivity contribution in [3.05, 3.63) is 65.7 Å². The molecular formula is C23H30N4O2. The molecule has 2 N–H and O–H groups in total. The molecule has 2 aromatic rings. The molecule has 0 radical (unpaired) electrons. The zero-order valence-corrected chi connectivity index (χ0v) is 17.1. The molecule has 2 aromatic carbocycles. The van der Waals surface area contributed by atoms with E-state index in [0.717, 1.165) is 38.4 Å². The average molecular weight is 395 g/mol. The third-order valence-corrected chi connectivity index (χ3v) is 5.26. The molecule has 6 nitrogen and oxygen atoms in total. The number of anilines is 1. The van der Waals surface area contributed by atoms with Crippen molar-refractivity contribution in [2.75, 3.05) is 44.2 Å². The summed E-state index contributed by atoms with van der Waals surface area (Å²) in [5.74, 6) is -0.395. The molecule has 3 rings (SSSR count). The minimum atomic E-state index is -0.400. The molecule has 0 aromatic heterocycles. The van der Waals surface area contributed by atoms with Gasteiger partial charge in [-0.3, -0.25) is 19.4 Å². The molecule has 0 aliphatic carbocycles. The molecule has 0 saturated carbocycles. The van der Waals surface area contributed by atoms with Crippen LogP contribution in [0.25, 0.3) is 0 Å². The Hall–Kier alpha value is -2.70. The Kier molecular flexibility index (Phi) is 7.38. The minimum Gasteiger partial charge on any atom is -0.370 e. The van der Waals surface area contributed by atoms with E-state index >= 15 is 0 Å². The maximum atomic E-state index is 13.0. The Bertz CT molecular complexity index is 817. The third-order valence-electron chi connectivity index (χ3n) is 5.26. The lowest BCUT2D eigenvalue weighted by molar-refractivity contribution is -0.120. The maximum Gasteiger partial charge on any atom is 0.241 e. The van der Waals surface area contributed by atoms with E-state index in [4.69, 9.17) is 5.73 Å². The zero-order chi connectivity index (χ0) is 20.6. The number of benzene rings is 2. The third kappa shape index (κ3) is 6.41.